The third-order valence-corrected chi connectivity index (χ3v) is 3.73. The lowest BCUT2D eigenvalue weighted by Gasteiger charge is -2.35. The van der Waals surface area contributed by atoms with Crippen LogP contribution in [-0.4, -0.2) is 43.0 Å². The Morgan fingerprint density at radius 3 is 2.65 bits per heavy atom. The zero-order valence-electron chi connectivity index (χ0n) is 11.2. The molecule has 0 aromatic rings. The minimum absolute atomic E-state index is 0.190. The molecule has 17 heavy (non-hydrogen) atoms. The second-order valence-corrected chi connectivity index (χ2v) is 5.14. The van der Waals surface area contributed by atoms with Crippen LogP contribution in [0.25, 0.3) is 0 Å². The molecule has 0 aromatic heterocycles. The molecular formula is C13H27N3O. The molecule has 0 aliphatic carbocycles. The molecule has 0 bridgehead atoms. The molecule has 4 heteroatoms. The molecule has 4 nitrogen and oxygen atoms in total. The summed E-state index contributed by atoms with van der Waals surface area (Å²) in [6.07, 6.45) is 4.16. The third-order valence-electron chi connectivity index (χ3n) is 3.73. The average Bonchev–Trinajstić information content (AvgIpc) is 2.34. The molecule has 1 fully saturated rings. The predicted molar refractivity (Wildman–Crippen MR) is 70.7 cm³/mol. The first kappa shape index (κ1) is 14.5. The Bertz CT molecular complexity index is 225. The van der Waals surface area contributed by atoms with Crippen molar-refractivity contribution < 1.29 is 4.79 Å². The van der Waals surface area contributed by atoms with Crippen LogP contribution in [-0.2, 0) is 4.79 Å². The number of primary amides is 1. The molecule has 0 radical (unpaired) electrons. The topological polar surface area (TPSA) is 58.4 Å². The SMILES string of the molecule is CCCNC(C)C1CCN(CCC(N)=O)CC1. The van der Waals surface area contributed by atoms with Crippen molar-refractivity contribution in [2.45, 2.75) is 45.6 Å². The number of hydrogen-bond donors (Lipinski definition) is 2. The van der Waals surface area contributed by atoms with Gasteiger partial charge in [-0.05, 0) is 51.7 Å². The number of nitrogens with zero attached hydrogens (tertiary/aromatic N) is 1. The summed E-state index contributed by atoms with van der Waals surface area (Å²) in [6, 6.07) is 0.619. The minimum atomic E-state index is -0.190. The Balaban J connectivity index is 2.18. The zero-order valence-corrected chi connectivity index (χ0v) is 11.2. The second kappa shape index (κ2) is 7.67. The molecule has 1 aliphatic rings. The van der Waals surface area contributed by atoms with Crippen molar-refractivity contribution in [2.75, 3.05) is 26.2 Å². The largest absolute Gasteiger partial charge is 0.370 e. The highest BCUT2D eigenvalue weighted by atomic mass is 16.1. The molecule has 1 saturated heterocycles. The zero-order chi connectivity index (χ0) is 12.7. The number of amides is 1. The Morgan fingerprint density at radius 2 is 2.12 bits per heavy atom. The van der Waals surface area contributed by atoms with Crippen LogP contribution in [0, 0.1) is 5.92 Å². The van der Waals surface area contributed by atoms with E-state index in [2.05, 4.69) is 24.1 Å². The van der Waals surface area contributed by atoms with Crippen LogP contribution >= 0.6 is 0 Å². The van der Waals surface area contributed by atoms with Crippen molar-refractivity contribution in [3.63, 3.8) is 0 Å². The minimum Gasteiger partial charge on any atom is -0.370 e. The van der Waals surface area contributed by atoms with E-state index in [4.69, 9.17) is 5.73 Å². The van der Waals surface area contributed by atoms with E-state index in [9.17, 15) is 4.79 Å². The van der Waals surface area contributed by atoms with E-state index in [1.807, 2.05) is 0 Å². The van der Waals surface area contributed by atoms with Gasteiger partial charge in [-0.2, -0.15) is 0 Å². The van der Waals surface area contributed by atoms with Crippen molar-refractivity contribution in [3.8, 4) is 0 Å². The van der Waals surface area contributed by atoms with Gasteiger partial charge in [0.15, 0.2) is 0 Å². The summed E-state index contributed by atoms with van der Waals surface area (Å²) >= 11 is 0. The number of carbonyl (C=O) groups excluding carboxylic acids is 1. The third kappa shape index (κ3) is 5.50. The van der Waals surface area contributed by atoms with Crippen LogP contribution in [0.2, 0.25) is 0 Å². The Kier molecular flexibility index (Phi) is 6.52. The van der Waals surface area contributed by atoms with Gasteiger partial charge < -0.3 is 16.0 Å². The summed E-state index contributed by atoms with van der Waals surface area (Å²) in [4.78, 5) is 13.1. The summed E-state index contributed by atoms with van der Waals surface area (Å²) in [5.41, 5.74) is 5.16. The molecule has 0 aromatic carbocycles. The van der Waals surface area contributed by atoms with Crippen LogP contribution in [0.1, 0.15) is 39.5 Å². The maximum atomic E-state index is 10.7. The van der Waals surface area contributed by atoms with Gasteiger partial charge in [0, 0.05) is 19.0 Å². The fraction of sp³-hybridized carbons (Fsp3) is 0.923. The molecule has 1 amide bonds. The smallest absolute Gasteiger partial charge is 0.218 e. The van der Waals surface area contributed by atoms with Gasteiger partial charge in [-0.15, -0.1) is 0 Å². The molecule has 1 atom stereocenters. The number of carbonyl (C=O) groups is 1. The van der Waals surface area contributed by atoms with Gasteiger partial charge in [-0.1, -0.05) is 6.92 Å². The van der Waals surface area contributed by atoms with Gasteiger partial charge in [0.25, 0.3) is 0 Å². The van der Waals surface area contributed by atoms with E-state index < -0.39 is 0 Å². The number of hydrogen-bond acceptors (Lipinski definition) is 3. The number of nitrogens with one attached hydrogen (secondary N) is 1. The fourth-order valence-corrected chi connectivity index (χ4v) is 2.48. The molecule has 100 valence electrons. The van der Waals surface area contributed by atoms with E-state index in [1.165, 1.54) is 19.3 Å². The van der Waals surface area contributed by atoms with E-state index in [-0.39, 0.29) is 5.91 Å². The number of nitrogens with two attached hydrogens (primary N) is 1. The molecule has 0 saturated carbocycles. The van der Waals surface area contributed by atoms with Gasteiger partial charge in [0.1, 0.15) is 0 Å². The van der Waals surface area contributed by atoms with Crippen molar-refractivity contribution in [2.24, 2.45) is 11.7 Å². The second-order valence-electron chi connectivity index (χ2n) is 5.14. The van der Waals surface area contributed by atoms with E-state index in [0.29, 0.717) is 12.5 Å². The van der Waals surface area contributed by atoms with Crippen molar-refractivity contribution in [1.29, 1.82) is 0 Å². The predicted octanol–water partition coefficient (Wildman–Crippen LogP) is 0.962. The standard InChI is InChI=1S/C13H27N3O/c1-3-7-15-11(2)12-4-8-16(9-5-12)10-6-13(14)17/h11-12,15H,3-10H2,1-2H3,(H2,14,17). The van der Waals surface area contributed by atoms with Gasteiger partial charge in [0.05, 0.1) is 0 Å². The van der Waals surface area contributed by atoms with E-state index >= 15 is 0 Å². The molecule has 1 unspecified atom stereocenters. The van der Waals surface area contributed by atoms with Crippen molar-refractivity contribution in [1.82, 2.24) is 10.2 Å². The maximum Gasteiger partial charge on any atom is 0.218 e. The highest BCUT2D eigenvalue weighted by molar-refractivity contribution is 5.73. The summed E-state index contributed by atoms with van der Waals surface area (Å²) in [5.74, 6) is 0.594. The first-order chi connectivity index (χ1) is 8.13. The Labute approximate surface area is 105 Å². The lowest BCUT2D eigenvalue weighted by Crippen LogP contribution is -2.42. The Hall–Kier alpha value is -0.610. The van der Waals surface area contributed by atoms with Crippen LogP contribution in [0.5, 0.6) is 0 Å². The van der Waals surface area contributed by atoms with Crippen LogP contribution < -0.4 is 11.1 Å². The van der Waals surface area contributed by atoms with Gasteiger partial charge in [-0.25, -0.2) is 0 Å². The fourth-order valence-electron chi connectivity index (χ4n) is 2.48. The van der Waals surface area contributed by atoms with Crippen LogP contribution in [0.15, 0.2) is 0 Å². The highest BCUT2D eigenvalue weighted by Crippen LogP contribution is 2.20. The quantitative estimate of drug-likeness (QED) is 0.698. The van der Waals surface area contributed by atoms with Crippen LogP contribution in [0.3, 0.4) is 0 Å². The summed E-state index contributed by atoms with van der Waals surface area (Å²) in [6.45, 7) is 8.65. The molecule has 1 aliphatic heterocycles. The normalized spacial score (nSPS) is 20.4. The van der Waals surface area contributed by atoms with Gasteiger partial charge in [0.2, 0.25) is 5.91 Å². The van der Waals surface area contributed by atoms with Crippen molar-refractivity contribution >= 4 is 5.91 Å². The lowest BCUT2D eigenvalue weighted by atomic mass is 9.90. The first-order valence-corrected chi connectivity index (χ1v) is 6.87. The Morgan fingerprint density at radius 1 is 1.47 bits per heavy atom. The van der Waals surface area contributed by atoms with E-state index in [1.54, 1.807) is 0 Å². The number of piperidine rings is 1. The molecule has 3 N–H and O–H groups in total. The highest BCUT2D eigenvalue weighted by Gasteiger charge is 2.23. The number of rotatable bonds is 7. The first-order valence-electron chi connectivity index (χ1n) is 6.87. The number of likely N-dealkylation sites (tertiary alicyclic amines) is 1. The summed E-state index contributed by atoms with van der Waals surface area (Å²) in [5, 5.41) is 3.57. The van der Waals surface area contributed by atoms with Gasteiger partial charge >= 0.3 is 0 Å². The van der Waals surface area contributed by atoms with Gasteiger partial charge in [-0.3, -0.25) is 4.79 Å². The van der Waals surface area contributed by atoms with Crippen molar-refractivity contribution in [3.05, 3.63) is 0 Å². The maximum absolute atomic E-state index is 10.7. The average molecular weight is 241 g/mol. The monoisotopic (exact) mass is 241 g/mol. The molecular weight excluding hydrogens is 214 g/mol. The molecule has 0 spiro atoms. The van der Waals surface area contributed by atoms with Crippen LogP contribution in [0.4, 0.5) is 0 Å². The van der Waals surface area contributed by atoms with E-state index in [0.717, 1.165) is 32.1 Å². The molecule has 1 heterocycles. The summed E-state index contributed by atoms with van der Waals surface area (Å²) in [7, 11) is 0. The molecule has 1 rings (SSSR count). The summed E-state index contributed by atoms with van der Waals surface area (Å²) < 4.78 is 0. The lowest BCUT2D eigenvalue weighted by molar-refractivity contribution is -0.118.